The van der Waals surface area contributed by atoms with Gasteiger partial charge in [0, 0.05) is 41.1 Å². The van der Waals surface area contributed by atoms with Crippen molar-refractivity contribution in [2.75, 3.05) is 16.4 Å². The van der Waals surface area contributed by atoms with E-state index in [0.29, 0.717) is 26.9 Å². The zero-order valence-electron chi connectivity index (χ0n) is 31.7. The molecule has 3 aromatic carbocycles. The Bertz CT molecular complexity index is 3030. The topological polar surface area (TPSA) is 188 Å². The van der Waals surface area contributed by atoms with Crippen LogP contribution in [-0.4, -0.2) is 46.6 Å². The lowest BCUT2D eigenvalue weighted by Gasteiger charge is -2.12. The Hall–Kier alpha value is -6.10. The number of halogens is 2. The third-order valence-electron chi connectivity index (χ3n) is 10.1. The van der Waals surface area contributed by atoms with Crippen molar-refractivity contribution in [2.24, 2.45) is 11.8 Å². The SMILES string of the molecule is Cc1ccc(S(=O)(=O)n2ccc3c(-c4ccc(N)c(F)c4)cc(NC(=O)C4CC4)nc32)cc1.Cc1ccc(S(=O)(=O)n2ccc3c(Cl)cc(NC(=O)C4CC4)nc32)cc1. The molecule has 4 N–H and O–H groups in total. The zero-order chi connectivity index (χ0) is 41.8. The van der Waals surface area contributed by atoms with Crippen LogP contribution in [0, 0.1) is 31.5 Å². The number of nitrogens with one attached hydrogen (secondary N) is 2. The first-order chi connectivity index (χ1) is 28.1. The third kappa shape index (κ3) is 8.03. The Kier molecular flexibility index (Phi) is 10.3. The summed E-state index contributed by atoms with van der Waals surface area (Å²) in [5, 5.41) is 6.82. The number of aryl methyl sites for hydroxylation is 2. The number of pyridine rings is 2. The summed E-state index contributed by atoms with van der Waals surface area (Å²) in [6.07, 6.45) is 6.17. The Morgan fingerprint density at radius 3 is 1.61 bits per heavy atom. The number of nitrogen functional groups attached to an aromatic ring is 1. The molecule has 59 heavy (non-hydrogen) atoms. The minimum Gasteiger partial charge on any atom is -0.396 e. The first kappa shape index (κ1) is 39.7. The highest BCUT2D eigenvalue weighted by Gasteiger charge is 2.31. The van der Waals surface area contributed by atoms with Crippen molar-refractivity contribution in [2.45, 2.75) is 49.3 Å². The molecule has 2 aliphatic rings. The standard InChI is InChI=1S/C24H21FN4O3S.C18H16ClN3O3S/c1-14-2-7-17(8-3-14)33(31,32)29-11-10-18-19(16-6-9-21(26)20(25)12-16)13-22(27-23(18)29)28-24(30)15-4-5-15;1-11-2-6-13(7-3-11)26(24,25)22-9-8-14-15(19)10-16(20-17(14)22)21-18(23)12-4-5-12/h2-3,6-13,15H,4-5,26H2,1H3,(H,27,28,30);2-3,6-10,12H,4-5H2,1H3,(H,20,21,23). The number of nitrogens with two attached hydrogens (primary N) is 1. The highest BCUT2D eigenvalue weighted by Crippen LogP contribution is 2.36. The Labute approximate surface area is 344 Å². The molecule has 302 valence electrons. The maximum absolute atomic E-state index is 14.2. The Morgan fingerprint density at radius 2 is 1.14 bits per heavy atom. The van der Waals surface area contributed by atoms with Crippen molar-refractivity contribution in [3.05, 3.63) is 125 Å². The molecule has 2 amide bonds. The number of benzene rings is 3. The van der Waals surface area contributed by atoms with Gasteiger partial charge in [0.15, 0.2) is 11.3 Å². The number of nitrogens with zero attached hydrogens (tertiary/aromatic N) is 4. The van der Waals surface area contributed by atoms with E-state index in [-0.39, 0.29) is 62.1 Å². The molecule has 0 bridgehead atoms. The van der Waals surface area contributed by atoms with Crippen molar-refractivity contribution in [3.63, 3.8) is 0 Å². The molecule has 17 heteroatoms. The third-order valence-corrected chi connectivity index (χ3v) is 13.7. The molecule has 0 aliphatic heterocycles. The summed E-state index contributed by atoms with van der Waals surface area (Å²) in [7, 11) is -7.78. The van der Waals surface area contributed by atoms with Crippen LogP contribution >= 0.6 is 11.6 Å². The number of anilines is 3. The molecule has 4 aromatic heterocycles. The van der Waals surface area contributed by atoms with E-state index in [1.165, 1.54) is 42.7 Å². The lowest BCUT2D eigenvalue weighted by molar-refractivity contribution is -0.118. The fourth-order valence-corrected chi connectivity index (χ4v) is 9.22. The van der Waals surface area contributed by atoms with E-state index in [9.17, 15) is 30.8 Å². The number of fused-ring (bicyclic) bond motifs is 2. The van der Waals surface area contributed by atoms with Crippen LogP contribution in [-0.2, 0) is 29.6 Å². The number of carbonyl (C=O) groups is 2. The Morgan fingerprint density at radius 1 is 0.678 bits per heavy atom. The fourth-order valence-electron chi connectivity index (χ4n) is 6.38. The molecule has 2 saturated carbocycles. The number of hydrogen-bond donors (Lipinski definition) is 3. The highest BCUT2D eigenvalue weighted by molar-refractivity contribution is 7.90. The largest absolute Gasteiger partial charge is 0.396 e. The summed E-state index contributed by atoms with van der Waals surface area (Å²) in [4.78, 5) is 33.4. The maximum Gasteiger partial charge on any atom is 0.269 e. The summed E-state index contributed by atoms with van der Waals surface area (Å²) in [6.45, 7) is 3.76. The summed E-state index contributed by atoms with van der Waals surface area (Å²) >= 11 is 6.27. The predicted molar refractivity (Wildman–Crippen MR) is 225 cm³/mol. The van der Waals surface area contributed by atoms with Crippen LogP contribution in [0.4, 0.5) is 21.7 Å². The van der Waals surface area contributed by atoms with Gasteiger partial charge in [-0.15, -0.1) is 0 Å². The number of aromatic nitrogens is 4. The molecule has 13 nitrogen and oxygen atoms in total. The molecule has 7 aromatic rings. The van der Waals surface area contributed by atoms with Crippen molar-refractivity contribution >= 4 is 82.9 Å². The van der Waals surface area contributed by atoms with Gasteiger partial charge in [-0.1, -0.05) is 53.1 Å². The van der Waals surface area contributed by atoms with Gasteiger partial charge in [-0.25, -0.2) is 39.1 Å². The van der Waals surface area contributed by atoms with Crippen LogP contribution in [0.3, 0.4) is 0 Å². The van der Waals surface area contributed by atoms with Crippen LogP contribution in [0.1, 0.15) is 36.8 Å². The lowest BCUT2D eigenvalue weighted by atomic mass is 10.0. The van der Waals surface area contributed by atoms with Gasteiger partial charge >= 0.3 is 0 Å². The van der Waals surface area contributed by atoms with E-state index >= 15 is 0 Å². The van der Waals surface area contributed by atoms with Gasteiger partial charge in [-0.05, 0) is 105 Å². The van der Waals surface area contributed by atoms with Crippen LogP contribution in [0.2, 0.25) is 5.02 Å². The predicted octanol–water partition coefficient (Wildman–Crippen LogP) is 7.90. The molecule has 0 atom stereocenters. The van der Waals surface area contributed by atoms with Gasteiger partial charge in [-0.2, -0.15) is 0 Å². The molecular weight excluding hydrogens is 817 g/mol. The van der Waals surface area contributed by atoms with E-state index in [2.05, 4.69) is 20.6 Å². The zero-order valence-corrected chi connectivity index (χ0v) is 34.1. The number of amides is 2. The molecule has 0 spiro atoms. The number of rotatable bonds is 9. The Balaban J connectivity index is 0.000000169. The van der Waals surface area contributed by atoms with Gasteiger partial charge in [0.05, 0.1) is 20.5 Å². The minimum atomic E-state index is -3.95. The van der Waals surface area contributed by atoms with E-state index in [4.69, 9.17) is 17.3 Å². The molecule has 4 heterocycles. The monoisotopic (exact) mass is 853 g/mol. The molecule has 2 aliphatic carbocycles. The van der Waals surface area contributed by atoms with Crippen LogP contribution < -0.4 is 16.4 Å². The second kappa shape index (κ2) is 15.3. The molecule has 0 saturated heterocycles. The maximum atomic E-state index is 14.2. The van der Waals surface area contributed by atoms with Crippen LogP contribution in [0.25, 0.3) is 33.2 Å². The highest BCUT2D eigenvalue weighted by atomic mass is 35.5. The van der Waals surface area contributed by atoms with Gasteiger partial charge in [0.25, 0.3) is 20.0 Å². The van der Waals surface area contributed by atoms with Gasteiger partial charge in [-0.3, -0.25) is 9.59 Å². The molecular formula is C42H37ClFN7O6S2. The van der Waals surface area contributed by atoms with Crippen molar-refractivity contribution in [1.82, 2.24) is 17.9 Å². The molecule has 2 fully saturated rings. The average Bonchev–Trinajstić information content (AvgIpc) is 4.14. The second-order valence-corrected chi connectivity index (χ2v) is 18.7. The first-order valence-corrected chi connectivity index (χ1v) is 21.9. The van der Waals surface area contributed by atoms with E-state index in [1.807, 2.05) is 13.8 Å². The minimum absolute atomic E-state index is 0.00540. The summed E-state index contributed by atoms with van der Waals surface area (Å²) < 4.78 is 69.1. The normalized spacial score (nSPS) is 14.2. The van der Waals surface area contributed by atoms with E-state index in [1.54, 1.807) is 60.7 Å². The number of carbonyl (C=O) groups excluding carboxylic acids is 2. The van der Waals surface area contributed by atoms with Crippen molar-refractivity contribution in [1.29, 1.82) is 0 Å². The summed E-state index contributed by atoms with van der Waals surface area (Å²) in [6, 6.07) is 23.8. The molecule has 0 unspecified atom stereocenters. The first-order valence-electron chi connectivity index (χ1n) is 18.6. The molecule has 9 rings (SSSR count). The van der Waals surface area contributed by atoms with Crippen LogP contribution in [0.15, 0.2) is 113 Å². The lowest BCUT2D eigenvalue weighted by Crippen LogP contribution is -2.16. The van der Waals surface area contributed by atoms with E-state index < -0.39 is 25.9 Å². The van der Waals surface area contributed by atoms with Crippen molar-refractivity contribution < 1.29 is 30.8 Å². The van der Waals surface area contributed by atoms with Gasteiger partial charge in [0.2, 0.25) is 11.8 Å². The van der Waals surface area contributed by atoms with Crippen LogP contribution in [0.5, 0.6) is 0 Å². The van der Waals surface area contributed by atoms with Gasteiger partial charge < -0.3 is 16.4 Å². The molecule has 0 radical (unpaired) electrons. The van der Waals surface area contributed by atoms with E-state index in [0.717, 1.165) is 44.8 Å². The summed E-state index contributed by atoms with van der Waals surface area (Å²) in [5.74, 6) is -0.488. The average molecular weight is 854 g/mol. The number of hydrogen-bond acceptors (Lipinski definition) is 9. The van der Waals surface area contributed by atoms with Crippen molar-refractivity contribution in [3.8, 4) is 11.1 Å². The second-order valence-electron chi connectivity index (χ2n) is 14.6. The quantitative estimate of drug-likeness (QED) is 0.121. The fraction of sp³-hybridized carbons (Fsp3) is 0.190. The van der Waals surface area contributed by atoms with Gasteiger partial charge in [0.1, 0.15) is 17.5 Å². The smallest absolute Gasteiger partial charge is 0.269 e. The summed E-state index contributed by atoms with van der Waals surface area (Å²) in [5.41, 5.74) is 8.87.